The summed E-state index contributed by atoms with van der Waals surface area (Å²) in [5.41, 5.74) is 1.89. The Bertz CT molecular complexity index is 1160. The fourth-order valence-electron chi connectivity index (χ4n) is 4.22. The van der Waals surface area contributed by atoms with E-state index in [1.165, 1.54) is 0 Å². The van der Waals surface area contributed by atoms with Crippen molar-refractivity contribution in [3.05, 3.63) is 96.4 Å². The molecule has 5 nitrogen and oxygen atoms in total. The molecule has 1 saturated heterocycles. The number of fused-ring (bicyclic) bond motifs is 1. The van der Waals surface area contributed by atoms with Crippen LogP contribution in [0.15, 0.2) is 90.0 Å². The maximum Gasteiger partial charge on any atom is 0.240 e. The summed E-state index contributed by atoms with van der Waals surface area (Å²) >= 11 is 1.62. The lowest BCUT2D eigenvalue weighted by Gasteiger charge is -2.34. The zero-order valence-corrected chi connectivity index (χ0v) is 18.0. The fourth-order valence-corrected chi connectivity index (χ4v) is 5.35. The van der Waals surface area contributed by atoms with Crippen LogP contribution < -0.4 is 0 Å². The molecule has 4 aromatic rings. The van der Waals surface area contributed by atoms with Gasteiger partial charge >= 0.3 is 0 Å². The molecule has 0 spiro atoms. The summed E-state index contributed by atoms with van der Waals surface area (Å²) in [7, 11) is 0. The number of likely N-dealkylation sites (tertiary alicyclic amines) is 1. The van der Waals surface area contributed by atoms with Gasteiger partial charge in [0.1, 0.15) is 11.1 Å². The molecule has 6 heteroatoms. The first kappa shape index (κ1) is 19.8. The van der Waals surface area contributed by atoms with Gasteiger partial charge in [-0.15, -0.1) is 22.0 Å². The van der Waals surface area contributed by atoms with Crippen molar-refractivity contribution in [1.29, 1.82) is 0 Å². The Morgan fingerprint density at radius 3 is 2.48 bits per heavy atom. The van der Waals surface area contributed by atoms with Gasteiger partial charge in [-0.25, -0.2) is 0 Å². The van der Waals surface area contributed by atoms with Crippen molar-refractivity contribution in [3.8, 4) is 0 Å². The van der Waals surface area contributed by atoms with Gasteiger partial charge in [0.25, 0.3) is 0 Å². The highest BCUT2D eigenvalue weighted by Gasteiger charge is 2.32. The highest BCUT2D eigenvalue weighted by atomic mass is 32.2. The van der Waals surface area contributed by atoms with E-state index in [9.17, 15) is 4.79 Å². The van der Waals surface area contributed by atoms with Crippen molar-refractivity contribution in [1.82, 2.24) is 19.5 Å². The molecule has 1 amide bonds. The molecule has 1 fully saturated rings. The number of carbonyl (C=O) groups excluding carboxylic acids is 1. The van der Waals surface area contributed by atoms with E-state index >= 15 is 0 Å². The van der Waals surface area contributed by atoms with E-state index in [2.05, 4.69) is 22.3 Å². The minimum Gasteiger partial charge on any atom is -0.341 e. The fraction of sp³-hybridized carbons (Fsp3) is 0.240. The van der Waals surface area contributed by atoms with Gasteiger partial charge in [-0.1, -0.05) is 54.6 Å². The lowest BCUT2D eigenvalue weighted by Crippen LogP contribution is -2.41. The number of amides is 1. The molecule has 0 saturated carbocycles. The third-order valence-electron chi connectivity index (χ3n) is 5.76. The highest BCUT2D eigenvalue weighted by Crippen LogP contribution is 2.38. The second-order valence-corrected chi connectivity index (χ2v) is 9.01. The molecular formula is C25H24N4OS. The lowest BCUT2D eigenvalue weighted by molar-refractivity contribution is -0.132. The van der Waals surface area contributed by atoms with Gasteiger partial charge in [0.05, 0.1) is 0 Å². The number of hydrogen-bond donors (Lipinski definition) is 0. The molecular weight excluding hydrogens is 404 g/mol. The van der Waals surface area contributed by atoms with Gasteiger partial charge in [0, 0.05) is 30.1 Å². The molecule has 156 valence electrons. The van der Waals surface area contributed by atoms with Gasteiger partial charge in [-0.2, -0.15) is 0 Å². The Morgan fingerprint density at radius 1 is 0.935 bits per heavy atom. The number of carbonyl (C=O) groups is 1. The Hall–Kier alpha value is -3.12. The smallest absolute Gasteiger partial charge is 0.240 e. The van der Waals surface area contributed by atoms with Crippen molar-refractivity contribution in [2.45, 2.75) is 28.9 Å². The predicted molar refractivity (Wildman–Crippen MR) is 123 cm³/mol. The minimum absolute atomic E-state index is 0.165. The van der Waals surface area contributed by atoms with E-state index in [0.717, 1.165) is 41.3 Å². The summed E-state index contributed by atoms with van der Waals surface area (Å²) in [5, 5.41) is 8.49. The van der Waals surface area contributed by atoms with Crippen LogP contribution in [-0.4, -0.2) is 38.5 Å². The number of benzene rings is 2. The van der Waals surface area contributed by atoms with Gasteiger partial charge < -0.3 is 4.90 Å². The summed E-state index contributed by atoms with van der Waals surface area (Å²) in [4.78, 5) is 16.9. The molecule has 0 radical (unpaired) electrons. The number of rotatable bonds is 5. The maximum absolute atomic E-state index is 13.7. The van der Waals surface area contributed by atoms with Crippen molar-refractivity contribution >= 4 is 23.3 Å². The average molecular weight is 429 g/mol. The van der Waals surface area contributed by atoms with E-state index in [1.807, 2.05) is 82.2 Å². The van der Waals surface area contributed by atoms with E-state index in [0.29, 0.717) is 6.54 Å². The molecule has 31 heavy (non-hydrogen) atoms. The van der Waals surface area contributed by atoms with Gasteiger partial charge in [-0.3, -0.25) is 9.20 Å². The Kier molecular flexibility index (Phi) is 5.71. The number of piperidine rings is 1. The normalized spacial score (nSPS) is 17.5. The molecule has 2 aromatic heterocycles. The second-order valence-electron chi connectivity index (χ2n) is 7.83. The molecule has 1 aliphatic rings. The number of pyridine rings is 1. The van der Waals surface area contributed by atoms with E-state index in [1.54, 1.807) is 11.8 Å². The van der Waals surface area contributed by atoms with Crippen LogP contribution in [0.4, 0.5) is 0 Å². The molecule has 0 bridgehead atoms. The third kappa shape index (κ3) is 4.21. The SMILES string of the molecule is O=C(C(Sc1ccccc1)c1ccccc1)N1CCCC(c2nnc3ccccn23)C1. The quantitative estimate of drug-likeness (QED) is 0.421. The summed E-state index contributed by atoms with van der Waals surface area (Å²) in [6.45, 7) is 1.46. The van der Waals surface area contributed by atoms with Crippen LogP contribution in [0.2, 0.25) is 0 Å². The summed E-state index contributed by atoms with van der Waals surface area (Å²) in [6, 6.07) is 26.2. The molecule has 3 heterocycles. The highest BCUT2D eigenvalue weighted by molar-refractivity contribution is 8.00. The molecule has 1 aliphatic heterocycles. The zero-order valence-electron chi connectivity index (χ0n) is 17.2. The monoisotopic (exact) mass is 428 g/mol. The molecule has 5 rings (SSSR count). The van der Waals surface area contributed by atoms with Crippen molar-refractivity contribution < 1.29 is 4.79 Å². The van der Waals surface area contributed by atoms with Crippen molar-refractivity contribution in [3.63, 3.8) is 0 Å². The van der Waals surface area contributed by atoms with E-state index in [-0.39, 0.29) is 17.1 Å². The number of nitrogens with zero attached hydrogens (tertiary/aromatic N) is 4. The van der Waals surface area contributed by atoms with Crippen LogP contribution >= 0.6 is 11.8 Å². The Balaban J connectivity index is 1.40. The number of hydrogen-bond acceptors (Lipinski definition) is 4. The zero-order chi connectivity index (χ0) is 21.0. The first-order chi connectivity index (χ1) is 15.3. The van der Waals surface area contributed by atoms with Crippen LogP contribution in [0.25, 0.3) is 5.65 Å². The first-order valence-electron chi connectivity index (χ1n) is 10.6. The van der Waals surface area contributed by atoms with Crippen LogP contribution in [0.5, 0.6) is 0 Å². The maximum atomic E-state index is 13.7. The van der Waals surface area contributed by atoms with Crippen LogP contribution in [0.3, 0.4) is 0 Å². The predicted octanol–water partition coefficient (Wildman–Crippen LogP) is 4.97. The van der Waals surface area contributed by atoms with Crippen LogP contribution in [0, 0.1) is 0 Å². The van der Waals surface area contributed by atoms with Gasteiger partial charge in [-0.05, 0) is 42.7 Å². The molecule has 0 aliphatic carbocycles. The number of aromatic nitrogens is 3. The average Bonchev–Trinajstić information content (AvgIpc) is 3.28. The van der Waals surface area contributed by atoms with Crippen molar-refractivity contribution in [2.75, 3.05) is 13.1 Å². The molecule has 2 atom stereocenters. The van der Waals surface area contributed by atoms with Crippen LogP contribution in [0.1, 0.15) is 35.4 Å². The Morgan fingerprint density at radius 2 is 1.68 bits per heavy atom. The minimum atomic E-state index is -0.266. The summed E-state index contributed by atoms with van der Waals surface area (Å²) in [5.74, 6) is 1.30. The van der Waals surface area contributed by atoms with Gasteiger partial charge in [0.2, 0.25) is 5.91 Å². The van der Waals surface area contributed by atoms with E-state index in [4.69, 9.17) is 0 Å². The molecule has 2 aromatic carbocycles. The summed E-state index contributed by atoms with van der Waals surface area (Å²) < 4.78 is 2.05. The van der Waals surface area contributed by atoms with Gasteiger partial charge in [0.15, 0.2) is 5.65 Å². The molecule has 0 N–H and O–H groups in total. The standard InChI is InChI=1S/C25H24N4OS/c30-25(23(19-10-3-1-4-11-19)31-21-13-5-2-6-14-21)28-16-9-12-20(18-28)24-27-26-22-15-7-8-17-29(22)24/h1-8,10-11,13-15,17,20,23H,9,12,16,18H2. The topological polar surface area (TPSA) is 50.5 Å². The summed E-state index contributed by atoms with van der Waals surface area (Å²) in [6.07, 6.45) is 3.99. The van der Waals surface area contributed by atoms with Crippen molar-refractivity contribution in [2.24, 2.45) is 0 Å². The Labute approximate surface area is 186 Å². The molecule has 2 unspecified atom stereocenters. The lowest BCUT2D eigenvalue weighted by atomic mass is 9.96. The first-order valence-corrected chi connectivity index (χ1v) is 11.5. The second kappa shape index (κ2) is 8.94. The third-order valence-corrected chi connectivity index (χ3v) is 7.02. The number of thioether (sulfide) groups is 1. The van der Waals surface area contributed by atoms with E-state index < -0.39 is 0 Å². The largest absolute Gasteiger partial charge is 0.341 e. The van der Waals surface area contributed by atoms with Crippen LogP contribution in [-0.2, 0) is 4.79 Å².